The Hall–Kier alpha value is -4.56. The quantitative estimate of drug-likeness (QED) is 0.280. The normalized spacial score (nSPS) is 17.3. The summed E-state index contributed by atoms with van der Waals surface area (Å²) in [6, 6.07) is 14.9. The van der Waals surface area contributed by atoms with Crippen LogP contribution in [0.4, 0.5) is 29.2 Å². The second kappa shape index (κ2) is 13.0. The molecule has 6 rings (SSSR count). The van der Waals surface area contributed by atoms with Crippen LogP contribution in [-0.2, 0) is 21.4 Å². The van der Waals surface area contributed by atoms with Crippen molar-refractivity contribution in [3.63, 3.8) is 0 Å². The number of amides is 1. The van der Waals surface area contributed by atoms with Crippen molar-refractivity contribution in [1.82, 2.24) is 19.6 Å². The molecule has 46 heavy (non-hydrogen) atoms. The standard InChI is InChI=1S/C32H30F4N6O3S/c33-22-8-10-24(11-9-22)46(44,45)42-13-3-6-30(42)31(43)37-20-23-19-28(21-7-12-25(34)27(36)18-21)39-32(38-23)41-16-14-40(15-17-41)29-5-2-1-4-26(29)35/h1-2,4-5,7-12,18-19,30H,3,6,13-17,20H2,(H,37,43). The third-order valence-corrected chi connectivity index (χ3v) is 10.0. The first-order valence-corrected chi connectivity index (χ1v) is 16.2. The van der Waals surface area contributed by atoms with Gasteiger partial charge in [-0.3, -0.25) is 4.79 Å². The van der Waals surface area contributed by atoms with Crippen LogP contribution in [0.2, 0.25) is 0 Å². The summed E-state index contributed by atoms with van der Waals surface area (Å²) < 4.78 is 83.3. The maximum absolute atomic E-state index is 14.4. The lowest BCUT2D eigenvalue weighted by Crippen LogP contribution is -2.47. The van der Waals surface area contributed by atoms with Crippen LogP contribution >= 0.6 is 0 Å². The van der Waals surface area contributed by atoms with Crippen LogP contribution in [0.1, 0.15) is 18.5 Å². The molecule has 0 aliphatic carbocycles. The van der Waals surface area contributed by atoms with Crippen molar-refractivity contribution in [2.24, 2.45) is 0 Å². The van der Waals surface area contributed by atoms with Gasteiger partial charge in [-0.15, -0.1) is 0 Å². The zero-order valence-electron chi connectivity index (χ0n) is 24.5. The van der Waals surface area contributed by atoms with Crippen molar-refractivity contribution in [3.8, 4) is 11.3 Å². The summed E-state index contributed by atoms with van der Waals surface area (Å²) in [5, 5.41) is 2.77. The minimum absolute atomic E-state index is 0.0961. The first-order valence-electron chi connectivity index (χ1n) is 14.7. The van der Waals surface area contributed by atoms with Crippen LogP contribution in [0.15, 0.2) is 77.7 Å². The molecule has 1 atom stereocenters. The number of sulfonamides is 1. The molecular formula is C32H30F4N6O3S. The molecule has 2 fully saturated rings. The second-order valence-electron chi connectivity index (χ2n) is 11.0. The molecule has 0 radical (unpaired) electrons. The minimum Gasteiger partial charge on any atom is -0.366 e. The predicted molar refractivity (Wildman–Crippen MR) is 163 cm³/mol. The highest BCUT2D eigenvalue weighted by molar-refractivity contribution is 7.89. The number of para-hydroxylation sites is 1. The lowest BCUT2D eigenvalue weighted by atomic mass is 10.1. The van der Waals surface area contributed by atoms with Crippen molar-refractivity contribution in [1.29, 1.82) is 0 Å². The van der Waals surface area contributed by atoms with Crippen LogP contribution in [0, 0.1) is 23.3 Å². The Balaban J connectivity index is 1.22. The minimum atomic E-state index is -4.05. The molecule has 9 nitrogen and oxygen atoms in total. The molecular weight excluding hydrogens is 624 g/mol. The molecule has 2 saturated heterocycles. The molecule has 0 spiro atoms. The number of piperazine rings is 1. The average Bonchev–Trinajstić information content (AvgIpc) is 3.57. The van der Waals surface area contributed by atoms with E-state index < -0.39 is 39.4 Å². The fraction of sp³-hybridized carbons (Fsp3) is 0.281. The largest absolute Gasteiger partial charge is 0.366 e. The van der Waals surface area contributed by atoms with Crippen LogP contribution in [-0.4, -0.2) is 67.4 Å². The fourth-order valence-electron chi connectivity index (χ4n) is 5.70. The van der Waals surface area contributed by atoms with Crippen LogP contribution in [0.3, 0.4) is 0 Å². The maximum atomic E-state index is 14.4. The van der Waals surface area contributed by atoms with Gasteiger partial charge in [0.1, 0.15) is 17.7 Å². The lowest BCUT2D eigenvalue weighted by Gasteiger charge is -2.36. The van der Waals surface area contributed by atoms with Gasteiger partial charge in [-0.25, -0.2) is 35.9 Å². The highest BCUT2D eigenvalue weighted by atomic mass is 32.2. The molecule has 1 N–H and O–H groups in total. The Bertz CT molecular complexity index is 1850. The van der Waals surface area contributed by atoms with Crippen molar-refractivity contribution < 1.29 is 30.8 Å². The van der Waals surface area contributed by atoms with Gasteiger partial charge in [-0.05, 0) is 73.5 Å². The monoisotopic (exact) mass is 654 g/mol. The van der Waals surface area contributed by atoms with Gasteiger partial charge in [-0.2, -0.15) is 4.31 Å². The Morgan fingerprint density at radius 1 is 0.804 bits per heavy atom. The number of halogens is 4. The number of rotatable bonds is 8. The van der Waals surface area contributed by atoms with Crippen molar-refractivity contribution in [2.45, 2.75) is 30.3 Å². The number of benzene rings is 3. The molecule has 1 aromatic heterocycles. The number of anilines is 2. The second-order valence-corrected chi connectivity index (χ2v) is 12.9. The Morgan fingerprint density at radius 3 is 2.24 bits per heavy atom. The fourth-order valence-corrected chi connectivity index (χ4v) is 7.36. The molecule has 14 heteroatoms. The molecule has 2 aliphatic heterocycles. The van der Waals surface area contributed by atoms with E-state index in [0.717, 1.165) is 40.7 Å². The summed E-state index contributed by atoms with van der Waals surface area (Å²) >= 11 is 0. The zero-order valence-corrected chi connectivity index (χ0v) is 25.4. The van der Waals surface area contributed by atoms with E-state index in [2.05, 4.69) is 15.3 Å². The third kappa shape index (κ3) is 6.53. The topological polar surface area (TPSA) is 98.7 Å². The summed E-state index contributed by atoms with van der Waals surface area (Å²) in [6.45, 7) is 1.88. The van der Waals surface area contributed by atoms with Gasteiger partial charge in [0.05, 0.1) is 28.5 Å². The zero-order chi connectivity index (χ0) is 32.4. The first-order chi connectivity index (χ1) is 22.1. The van der Waals surface area contributed by atoms with E-state index >= 15 is 0 Å². The van der Waals surface area contributed by atoms with E-state index in [1.807, 2.05) is 9.80 Å². The molecule has 2 aliphatic rings. The number of nitrogens with one attached hydrogen (secondary N) is 1. The van der Waals surface area contributed by atoms with Gasteiger partial charge in [0.15, 0.2) is 11.6 Å². The van der Waals surface area contributed by atoms with E-state index in [1.54, 1.807) is 24.3 Å². The van der Waals surface area contributed by atoms with E-state index in [1.165, 1.54) is 12.1 Å². The van der Waals surface area contributed by atoms with Crippen LogP contribution in [0.5, 0.6) is 0 Å². The number of nitrogens with zero attached hydrogens (tertiary/aromatic N) is 5. The molecule has 240 valence electrons. The van der Waals surface area contributed by atoms with Gasteiger partial charge < -0.3 is 15.1 Å². The Labute approximate surface area is 263 Å². The number of hydrogen-bond acceptors (Lipinski definition) is 7. The van der Waals surface area contributed by atoms with Gasteiger partial charge in [-0.1, -0.05) is 12.1 Å². The summed E-state index contributed by atoms with van der Waals surface area (Å²) in [5.74, 6) is -3.19. The Kier molecular flexibility index (Phi) is 8.91. The van der Waals surface area contributed by atoms with E-state index in [4.69, 9.17) is 0 Å². The van der Waals surface area contributed by atoms with Crippen LogP contribution < -0.4 is 15.1 Å². The lowest BCUT2D eigenvalue weighted by molar-refractivity contribution is -0.124. The third-order valence-electron chi connectivity index (χ3n) is 8.11. The maximum Gasteiger partial charge on any atom is 0.243 e. The molecule has 0 bridgehead atoms. The van der Waals surface area contributed by atoms with E-state index in [0.29, 0.717) is 67.6 Å². The molecule has 1 amide bonds. The number of hydrogen-bond donors (Lipinski definition) is 1. The SMILES string of the molecule is O=C(NCc1cc(-c2ccc(F)c(F)c2)nc(N2CCN(c3ccccc3F)CC2)n1)C1CCCN1S(=O)(=O)c1ccc(F)cc1. The van der Waals surface area contributed by atoms with Gasteiger partial charge in [0, 0.05) is 38.3 Å². The van der Waals surface area contributed by atoms with Gasteiger partial charge >= 0.3 is 0 Å². The first kappa shape index (κ1) is 31.4. The summed E-state index contributed by atoms with van der Waals surface area (Å²) in [4.78, 5) is 26.3. The molecule has 4 aromatic rings. The number of carbonyl (C=O) groups is 1. The Morgan fingerprint density at radius 2 is 1.52 bits per heavy atom. The predicted octanol–water partition coefficient (Wildman–Crippen LogP) is 4.50. The van der Waals surface area contributed by atoms with Crippen LogP contribution in [0.25, 0.3) is 11.3 Å². The number of carbonyl (C=O) groups excluding carboxylic acids is 1. The van der Waals surface area contributed by atoms with E-state index in [9.17, 15) is 30.8 Å². The summed E-state index contributed by atoms with van der Waals surface area (Å²) in [5.41, 5.74) is 1.45. The van der Waals surface area contributed by atoms with Gasteiger partial charge in [0.2, 0.25) is 21.9 Å². The van der Waals surface area contributed by atoms with Crippen molar-refractivity contribution in [2.75, 3.05) is 42.5 Å². The highest BCUT2D eigenvalue weighted by Gasteiger charge is 2.39. The smallest absolute Gasteiger partial charge is 0.243 e. The van der Waals surface area contributed by atoms with Crippen molar-refractivity contribution >= 4 is 27.6 Å². The molecule has 0 saturated carbocycles. The molecule has 3 aromatic carbocycles. The number of aromatic nitrogens is 2. The van der Waals surface area contributed by atoms with E-state index in [-0.39, 0.29) is 23.8 Å². The molecule has 3 heterocycles. The molecule has 1 unspecified atom stereocenters. The highest BCUT2D eigenvalue weighted by Crippen LogP contribution is 2.28. The average molecular weight is 655 g/mol. The van der Waals surface area contributed by atoms with Crippen molar-refractivity contribution in [3.05, 3.63) is 102 Å². The summed E-state index contributed by atoms with van der Waals surface area (Å²) in [7, 11) is -4.05. The van der Waals surface area contributed by atoms with Gasteiger partial charge in [0.25, 0.3) is 0 Å². The summed E-state index contributed by atoms with van der Waals surface area (Å²) in [6.07, 6.45) is 0.767.